The number of halogens is 1. The van der Waals surface area contributed by atoms with Crippen molar-refractivity contribution >= 4 is 34.2 Å². The molecule has 4 rings (SSSR count). The number of nitrogens with zero attached hydrogens (tertiary/aromatic N) is 2. The molecule has 1 fully saturated rings. The highest BCUT2D eigenvalue weighted by molar-refractivity contribution is 5.99. The van der Waals surface area contributed by atoms with Crippen molar-refractivity contribution in [2.24, 2.45) is 11.7 Å². The van der Waals surface area contributed by atoms with E-state index >= 15 is 0 Å². The molecule has 0 bridgehead atoms. The van der Waals surface area contributed by atoms with Gasteiger partial charge in [-0.05, 0) is 48.6 Å². The maximum atomic E-state index is 13.1. The van der Waals surface area contributed by atoms with E-state index in [1.54, 1.807) is 24.3 Å². The molecule has 2 amide bonds. The minimum absolute atomic E-state index is 0.251. The highest BCUT2D eigenvalue weighted by atomic mass is 19.1. The SMILES string of the molecule is Cc1cc(C(N)=O)ccc1-c1cc2cc(NC(=O)C3CC3F)ncc2c(N)n1. The molecule has 1 saturated carbocycles. The first kappa shape index (κ1) is 17.8. The Bertz CT molecular complexity index is 1130. The Labute approximate surface area is 160 Å². The topological polar surface area (TPSA) is 124 Å². The number of benzene rings is 1. The molecule has 0 saturated heterocycles. The van der Waals surface area contributed by atoms with E-state index in [0.717, 1.165) is 16.5 Å². The number of rotatable bonds is 4. The molecule has 7 nitrogen and oxygen atoms in total. The summed E-state index contributed by atoms with van der Waals surface area (Å²) >= 11 is 0. The molecule has 0 spiro atoms. The number of aromatic nitrogens is 2. The lowest BCUT2D eigenvalue weighted by molar-refractivity contribution is -0.117. The normalized spacial score (nSPS) is 18.1. The first-order chi connectivity index (χ1) is 13.3. The van der Waals surface area contributed by atoms with Crippen molar-refractivity contribution in [2.75, 3.05) is 11.1 Å². The number of nitrogens with one attached hydrogen (secondary N) is 1. The van der Waals surface area contributed by atoms with Crippen molar-refractivity contribution in [3.05, 3.63) is 47.7 Å². The van der Waals surface area contributed by atoms with Crippen LogP contribution in [0, 0.1) is 12.8 Å². The smallest absolute Gasteiger partial charge is 0.248 e. The fraction of sp³-hybridized carbons (Fsp3) is 0.200. The van der Waals surface area contributed by atoms with Gasteiger partial charge in [-0.3, -0.25) is 9.59 Å². The quantitative estimate of drug-likeness (QED) is 0.643. The molecule has 3 aromatic rings. The largest absolute Gasteiger partial charge is 0.383 e. The summed E-state index contributed by atoms with van der Waals surface area (Å²) in [6.07, 6.45) is 0.708. The third-order valence-electron chi connectivity index (χ3n) is 4.83. The lowest BCUT2D eigenvalue weighted by atomic mass is 10.0. The average Bonchev–Trinajstić information content (AvgIpc) is 3.38. The molecule has 1 aliphatic rings. The number of fused-ring (bicyclic) bond motifs is 1. The van der Waals surface area contributed by atoms with E-state index in [0.29, 0.717) is 28.3 Å². The van der Waals surface area contributed by atoms with Gasteiger partial charge in [0.25, 0.3) is 0 Å². The predicted molar refractivity (Wildman–Crippen MR) is 104 cm³/mol. The Kier molecular flexibility index (Phi) is 4.18. The van der Waals surface area contributed by atoms with Gasteiger partial charge in [-0.1, -0.05) is 6.07 Å². The standard InChI is InChI=1S/C20H18FN5O2/c1-9-4-10(19(23)27)2-3-12(9)16-5-11-6-17(24-8-14(11)18(22)25-16)26-20(28)13-7-15(13)21/h2-6,8,13,15H,7H2,1H3,(H2,22,25)(H2,23,27)(H,24,26,28). The van der Waals surface area contributed by atoms with Crippen molar-refractivity contribution in [1.29, 1.82) is 0 Å². The number of carbonyl (C=O) groups excluding carboxylic acids is 2. The monoisotopic (exact) mass is 379 g/mol. The number of anilines is 2. The van der Waals surface area contributed by atoms with Crippen LogP contribution in [0.25, 0.3) is 22.0 Å². The second-order valence-corrected chi connectivity index (χ2v) is 6.92. The highest BCUT2D eigenvalue weighted by Gasteiger charge is 2.43. The lowest BCUT2D eigenvalue weighted by Gasteiger charge is -2.11. The fourth-order valence-electron chi connectivity index (χ4n) is 3.14. The van der Waals surface area contributed by atoms with E-state index in [9.17, 15) is 14.0 Å². The first-order valence-corrected chi connectivity index (χ1v) is 8.75. The summed E-state index contributed by atoms with van der Waals surface area (Å²) in [6, 6.07) is 8.60. The van der Waals surface area contributed by atoms with Gasteiger partial charge in [0.15, 0.2) is 0 Å². The van der Waals surface area contributed by atoms with Crippen LogP contribution in [-0.4, -0.2) is 28.0 Å². The zero-order valence-electron chi connectivity index (χ0n) is 15.1. The van der Waals surface area contributed by atoms with Crippen LogP contribution in [0.1, 0.15) is 22.3 Å². The molecule has 0 aliphatic heterocycles. The lowest BCUT2D eigenvalue weighted by Crippen LogP contribution is -2.15. The van der Waals surface area contributed by atoms with E-state index in [2.05, 4.69) is 15.3 Å². The van der Waals surface area contributed by atoms with E-state index in [1.807, 2.05) is 13.0 Å². The van der Waals surface area contributed by atoms with Gasteiger partial charge in [-0.25, -0.2) is 14.4 Å². The van der Waals surface area contributed by atoms with E-state index in [-0.39, 0.29) is 12.3 Å². The molecule has 28 heavy (non-hydrogen) atoms. The van der Waals surface area contributed by atoms with Crippen molar-refractivity contribution in [3.8, 4) is 11.3 Å². The van der Waals surface area contributed by atoms with Crippen LogP contribution in [0.3, 0.4) is 0 Å². The molecule has 2 heterocycles. The van der Waals surface area contributed by atoms with Crippen LogP contribution >= 0.6 is 0 Å². The molecular weight excluding hydrogens is 361 g/mol. The average molecular weight is 379 g/mol. The summed E-state index contributed by atoms with van der Waals surface area (Å²) in [5, 5.41) is 4.01. The van der Waals surface area contributed by atoms with Gasteiger partial charge in [0.05, 0.1) is 11.6 Å². The molecule has 2 aromatic heterocycles. The van der Waals surface area contributed by atoms with Crippen LogP contribution in [0.15, 0.2) is 36.5 Å². The second kappa shape index (κ2) is 6.56. The van der Waals surface area contributed by atoms with Crippen LogP contribution in [0.4, 0.5) is 16.0 Å². The first-order valence-electron chi connectivity index (χ1n) is 8.75. The van der Waals surface area contributed by atoms with Crippen LogP contribution in [-0.2, 0) is 4.79 Å². The molecular formula is C20H18FN5O2. The van der Waals surface area contributed by atoms with E-state index in [1.165, 1.54) is 6.20 Å². The van der Waals surface area contributed by atoms with E-state index in [4.69, 9.17) is 11.5 Å². The molecule has 2 unspecified atom stereocenters. The number of hydrogen-bond acceptors (Lipinski definition) is 5. The van der Waals surface area contributed by atoms with E-state index < -0.39 is 18.0 Å². The molecule has 2 atom stereocenters. The van der Waals surface area contributed by atoms with Gasteiger partial charge in [-0.15, -0.1) is 0 Å². The number of hydrogen-bond donors (Lipinski definition) is 3. The highest BCUT2D eigenvalue weighted by Crippen LogP contribution is 2.35. The molecule has 1 aliphatic carbocycles. The number of pyridine rings is 2. The van der Waals surface area contributed by atoms with Crippen LogP contribution in [0.2, 0.25) is 0 Å². The zero-order chi connectivity index (χ0) is 20.0. The maximum Gasteiger partial charge on any atom is 0.248 e. The Morgan fingerprint density at radius 3 is 2.64 bits per heavy atom. The van der Waals surface area contributed by atoms with Crippen molar-refractivity contribution in [3.63, 3.8) is 0 Å². The molecule has 1 aromatic carbocycles. The summed E-state index contributed by atoms with van der Waals surface area (Å²) in [5.74, 6) is -0.851. The number of amides is 2. The maximum absolute atomic E-state index is 13.1. The Balaban J connectivity index is 1.72. The second-order valence-electron chi connectivity index (χ2n) is 6.92. The van der Waals surface area contributed by atoms with Crippen LogP contribution in [0.5, 0.6) is 0 Å². The summed E-state index contributed by atoms with van der Waals surface area (Å²) in [7, 11) is 0. The van der Waals surface area contributed by atoms with Gasteiger partial charge in [0, 0.05) is 22.7 Å². The number of nitrogens with two attached hydrogens (primary N) is 2. The summed E-state index contributed by atoms with van der Waals surface area (Å²) in [6.45, 7) is 1.85. The summed E-state index contributed by atoms with van der Waals surface area (Å²) in [5.41, 5.74) is 14.1. The van der Waals surface area contributed by atoms with Gasteiger partial charge < -0.3 is 16.8 Å². The fourth-order valence-corrected chi connectivity index (χ4v) is 3.14. The number of primary amides is 1. The molecule has 0 radical (unpaired) electrons. The third kappa shape index (κ3) is 3.24. The van der Waals surface area contributed by atoms with Crippen molar-refractivity contribution in [2.45, 2.75) is 19.5 Å². The third-order valence-corrected chi connectivity index (χ3v) is 4.83. The summed E-state index contributed by atoms with van der Waals surface area (Å²) < 4.78 is 13.1. The van der Waals surface area contributed by atoms with Crippen molar-refractivity contribution < 1.29 is 14.0 Å². The molecule has 8 heteroatoms. The molecule has 5 N–H and O–H groups in total. The van der Waals surface area contributed by atoms with Gasteiger partial charge in [-0.2, -0.15) is 0 Å². The number of aryl methyl sites for hydroxylation is 1. The number of alkyl halides is 1. The minimum atomic E-state index is -1.07. The number of carbonyl (C=O) groups is 2. The molecule has 142 valence electrons. The summed E-state index contributed by atoms with van der Waals surface area (Å²) in [4.78, 5) is 31.9. The van der Waals surface area contributed by atoms with Gasteiger partial charge in [0.1, 0.15) is 17.8 Å². The predicted octanol–water partition coefficient (Wildman–Crippen LogP) is 2.58. The number of nitrogen functional groups attached to an aromatic ring is 1. The van der Waals surface area contributed by atoms with Crippen molar-refractivity contribution in [1.82, 2.24) is 9.97 Å². The zero-order valence-corrected chi connectivity index (χ0v) is 15.1. The Hall–Kier alpha value is -3.55. The van der Waals surface area contributed by atoms with Gasteiger partial charge >= 0.3 is 0 Å². The Morgan fingerprint density at radius 2 is 2.00 bits per heavy atom. The van der Waals surface area contributed by atoms with Gasteiger partial charge in [0.2, 0.25) is 11.8 Å². The minimum Gasteiger partial charge on any atom is -0.383 e. The Morgan fingerprint density at radius 1 is 1.25 bits per heavy atom. The van der Waals surface area contributed by atoms with Crippen LogP contribution < -0.4 is 16.8 Å².